The Labute approximate surface area is 128 Å². The number of aromatic nitrogens is 1. The second-order valence-electron chi connectivity index (χ2n) is 6.60. The van der Waals surface area contributed by atoms with Gasteiger partial charge in [0.1, 0.15) is 0 Å². The topological polar surface area (TPSA) is 24.9 Å². The molecule has 0 radical (unpaired) electrons. The van der Waals surface area contributed by atoms with Crippen molar-refractivity contribution < 1.29 is 13.2 Å². The van der Waals surface area contributed by atoms with Crippen LogP contribution < -0.4 is 5.32 Å². The first-order chi connectivity index (χ1) is 9.73. The molecule has 1 atom stereocenters. The third-order valence-electron chi connectivity index (χ3n) is 4.35. The molecule has 1 aromatic heterocycles. The van der Waals surface area contributed by atoms with Crippen LogP contribution in [-0.4, -0.2) is 11.5 Å². The van der Waals surface area contributed by atoms with E-state index in [9.17, 15) is 13.2 Å². The molecule has 2 rings (SSSR count). The Kier molecular flexibility index (Phi) is 4.98. The maximum Gasteiger partial charge on any atom is 0.443 e. The van der Waals surface area contributed by atoms with Crippen molar-refractivity contribution in [3.8, 4) is 0 Å². The minimum absolute atomic E-state index is 0.000278. The highest BCUT2D eigenvalue weighted by Crippen LogP contribution is 2.44. The number of nitrogens with one attached hydrogen (secondary N) is 1. The van der Waals surface area contributed by atoms with E-state index in [0.29, 0.717) is 16.2 Å². The van der Waals surface area contributed by atoms with Gasteiger partial charge >= 0.3 is 6.18 Å². The molecule has 1 heterocycles. The molecule has 1 aliphatic rings. The lowest BCUT2D eigenvalue weighted by atomic mass is 9.71. The number of rotatable bonds is 4. The first-order valence-corrected chi connectivity index (χ1v) is 8.31. The first-order valence-electron chi connectivity index (χ1n) is 7.49. The molecule has 0 saturated heterocycles. The van der Waals surface area contributed by atoms with Crippen molar-refractivity contribution in [3.05, 3.63) is 16.1 Å². The fourth-order valence-corrected chi connectivity index (χ4v) is 3.99. The van der Waals surface area contributed by atoms with Gasteiger partial charge in [-0.3, -0.25) is 0 Å². The molecule has 0 bridgehead atoms. The van der Waals surface area contributed by atoms with E-state index in [2.05, 4.69) is 24.1 Å². The summed E-state index contributed by atoms with van der Waals surface area (Å²) >= 11 is 0.783. The van der Waals surface area contributed by atoms with Crippen LogP contribution in [0.1, 0.15) is 62.4 Å². The molecule has 120 valence electrons. The summed E-state index contributed by atoms with van der Waals surface area (Å²) in [7, 11) is 0. The molecule has 0 aromatic carbocycles. The van der Waals surface area contributed by atoms with Gasteiger partial charge in [-0.15, -0.1) is 11.3 Å². The SMILES string of the molecule is CCNC(c1cnc(C(F)(F)F)s1)C1CCC(C)(C)CC1. The Hall–Kier alpha value is -0.620. The number of hydrogen-bond donors (Lipinski definition) is 1. The molecule has 0 aliphatic heterocycles. The van der Waals surface area contributed by atoms with E-state index in [-0.39, 0.29) is 6.04 Å². The van der Waals surface area contributed by atoms with E-state index in [0.717, 1.165) is 43.6 Å². The predicted octanol–water partition coefficient (Wildman–Crippen LogP) is 5.03. The van der Waals surface area contributed by atoms with Gasteiger partial charge in [-0.05, 0) is 43.6 Å². The van der Waals surface area contributed by atoms with Crippen LogP contribution in [0.25, 0.3) is 0 Å². The van der Waals surface area contributed by atoms with Crippen molar-refractivity contribution >= 4 is 11.3 Å². The van der Waals surface area contributed by atoms with Gasteiger partial charge in [0.15, 0.2) is 5.01 Å². The zero-order valence-corrected chi connectivity index (χ0v) is 13.6. The second-order valence-corrected chi connectivity index (χ2v) is 7.66. The van der Waals surface area contributed by atoms with Crippen molar-refractivity contribution in [1.29, 1.82) is 0 Å². The summed E-state index contributed by atoms with van der Waals surface area (Å²) in [5, 5.41) is 2.62. The molecule has 21 heavy (non-hydrogen) atoms. The van der Waals surface area contributed by atoms with Gasteiger partial charge in [0.05, 0.1) is 0 Å². The molecule has 0 amide bonds. The van der Waals surface area contributed by atoms with Gasteiger partial charge in [-0.1, -0.05) is 20.8 Å². The molecule has 1 unspecified atom stereocenters. The van der Waals surface area contributed by atoms with Gasteiger partial charge < -0.3 is 5.32 Å². The fraction of sp³-hybridized carbons (Fsp3) is 0.800. The molecule has 1 fully saturated rings. The van der Waals surface area contributed by atoms with Gasteiger partial charge in [-0.25, -0.2) is 4.98 Å². The molecular formula is C15H23F3N2S. The first kappa shape index (κ1) is 16.7. The molecule has 0 spiro atoms. The van der Waals surface area contributed by atoms with Crippen LogP contribution in [0.15, 0.2) is 6.20 Å². The third kappa shape index (κ3) is 4.19. The highest BCUT2D eigenvalue weighted by Gasteiger charge is 2.37. The maximum atomic E-state index is 12.7. The quantitative estimate of drug-likeness (QED) is 0.841. The molecule has 1 N–H and O–H groups in total. The van der Waals surface area contributed by atoms with Crippen LogP contribution in [0.5, 0.6) is 0 Å². The maximum absolute atomic E-state index is 12.7. The number of alkyl halides is 3. The molecule has 1 aromatic rings. The minimum Gasteiger partial charge on any atom is -0.309 e. The summed E-state index contributed by atoms with van der Waals surface area (Å²) in [5.74, 6) is 0.402. The molecular weight excluding hydrogens is 297 g/mol. The third-order valence-corrected chi connectivity index (χ3v) is 5.48. The Morgan fingerprint density at radius 2 is 2.00 bits per heavy atom. The Bertz CT molecular complexity index is 458. The molecule has 1 aliphatic carbocycles. The standard InChI is InChI=1S/C15H23F3N2S/c1-4-19-12(10-5-7-14(2,3)8-6-10)11-9-20-13(21-11)15(16,17)18/h9-10,12,19H,4-8H2,1-3H3. The van der Waals surface area contributed by atoms with E-state index in [1.165, 1.54) is 6.20 Å². The fourth-order valence-electron chi connectivity index (χ4n) is 3.04. The van der Waals surface area contributed by atoms with Crippen LogP contribution in [-0.2, 0) is 6.18 Å². The highest BCUT2D eigenvalue weighted by atomic mass is 32.1. The van der Waals surface area contributed by atoms with Crippen LogP contribution in [0.3, 0.4) is 0 Å². The smallest absolute Gasteiger partial charge is 0.309 e. The summed E-state index contributed by atoms with van der Waals surface area (Å²) in [6.07, 6.45) is 1.44. The van der Waals surface area contributed by atoms with Gasteiger partial charge in [-0.2, -0.15) is 13.2 Å². The van der Waals surface area contributed by atoms with Crippen LogP contribution >= 0.6 is 11.3 Å². The number of nitrogens with zero attached hydrogens (tertiary/aromatic N) is 1. The van der Waals surface area contributed by atoms with Crippen molar-refractivity contribution in [3.63, 3.8) is 0 Å². The summed E-state index contributed by atoms with van der Waals surface area (Å²) in [6.45, 7) is 7.27. The highest BCUT2D eigenvalue weighted by molar-refractivity contribution is 7.11. The Morgan fingerprint density at radius 1 is 1.38 bits per heavy atom. The summed E-state index contributed by atoms with van der Waals surface area (Å²) in [4.78, 5) is 4.28. The van der Waals surface area contributed by atoms with Crippen LogP contribution in [0.2, 0.25) is 0 Å². The van der Waals surface area contributed by atoms with Gasteiger partial charge in [0.2, 0.25) is 0 Å². The number of thiazole rings is 1. The van der Waals surface area contributed by atoms with Gasteiger partial charge in [0, 0.05) is 17.1 Å². The Morgan fingerprint density at radius 3 is 2.48 bits per heavy atom. The largest absolute Gasteiger partial charge is 0.443 e. The average Bonchev–Trinajstić information content (AvgIpc) is 2.86. The summed E-state index contributed by atoms with van der Waals surface area (Å²) in [6, 6.07) is -0.000278. The lowest BCUT2D eigenvalue weighted by Gasteiger charge is -2.38. The molecule has 2 nitrogen and oxygen atoms in total. The van der Waals surface area contributed by atoms with Crippen LogP contribution in [0, 0.1) is 11.3 Å². The van der Waals surface area contributed by atoms with E-state index in [1.807, 2.05) is 6.92 Å². The van der Waals surface area contributed by atoms with E-state index in [1.54, 1.807) is 0 Å². The van der Waals surface area contributed by atoms with E-state index >= 15 is 0 Å². The number of halogens is 3. The minimum atomic E-state index is -4.34. The van der Waals surface area contributed by atoms with Crippen molar-refractivity contribution in [2.75, 3.05) is 6.54 Å². The number of hydrogen-bond acceptors (Lipinski definition) is 3. The average molecular weight is 320 g/mol. The van der Waals surface area contributed by atoms with Crippen molar-refractivity contribution in [2.24, 2.45) is 11.3 Å². The lowest BCUT2D eigenvalue weighted by molar-refractivity contribution is -0.137. The van der Waals surface area contributed by atoms with Crippen molar-refractivity contribution in [1.82, 2.24) is 10.3 Å². The monoisotopic (exact) mass is 320 g/mol. The zero-order valence-electron chi connectivity index (χ0n) is 12.8. The summed E-state index contributed by atoms with van der Waals surface area (Å²) in [5.41, 5.74) is 0.359. The van der Waals surface area contributed by atoms with Crippen LogP contribution in [0.4, 0.5) is 13.2 Å². The molecule has 6 heteroatoms. The normalized spacial score (nSPS) is 21.4. The van der Waals surface area contributed by atoms with E-state index < -0.39 is 11.2 Å². The van der Waals surface area contributed by atoms with Gasteiger partial charge in [0.25, 0.3) is 0 Å². The second kappa shape index (κ2) is 6.24. The molecule has 1 saturated carbocycles. The Balaban J connectivity index is 2.14. The van der Waals surface area contributed by atoms with Crippen molar-refractivity contribution in [2.45, 2.75) is 58.7 Å². The predicted molar refractivity (Wildman–Crippen MR) is 79.3 cm³/mol. The summed E-state index contributed by atoms with van der Waals surface area (Å²) < 4.78 is 38.2. The van der Waals surface area contributed by atoms with E-state index in [4.69, 9.17) is 0 Å². The lowest BCUT2D eigenvalue weighted by Crippen LogP contribution is -2.32. The zero-order chi connectivity index (χ0) is 15.7.